The van der Waals surface area contributed by atoms with Crippen molar-refractivity contribution in [1.29, 1.82) is 0 Å². The van der Waals surface area contributed by atoms with Crippen molar-refractivity contribution in [2.45, 2.75) is 52.1 Å². The van der Waals surface area contributed by atoms with Crippen LogP contribution in [0.5, 0.6) is 0 Å². The fourth-order valence-electron chi connectivity index (χ4n) is 2.52. The van der Waals surface area contributed by atoms with E-state index in [1.54, 1.807) is 11.3 Å². The van der Waals surface area contributed by atoms with Crippen molar-refractivity contribution in [2.75, 3.05) is 6.61 Å². The van der Waals surface area contributed by atoms with Crippen LogP contribution in [0.25, 0.3) is 0 Å². The molecule has 1 heterocycles. The van der Waals surface area contributed by atoms with Crippen molar-refractivity contribution in [3.63, 3.8) is 0 Å². The maximum Gasteiger partial charge on any atom is 0.0900 e. The van der Waals surface area contributed by atoms with Crippen molar-refractivity contribution in [3.8, 4) is 0 Å². The number of hydrogen-bond acceptors (Lipinski definition) is 4. The molecule has 0 aromatic carbocycles. The zero-order chi connectivity index (χ0) is 12.3. The average molecular weight is 254 g/mol. The second-order valence-corrected chi connectivity index (χ2v) is 6.31. The van der Waals surface area contributed by atoms with Crippen LogP contribution in [0.1, 0.15) is 41.3 Å². The van der Waals surface area contributed by atoms with Crippen LogP contribution >= 0.6 is 11.3 Å². The van der Waals surface area contributed by atoms with E-state index in [2.05, 4.69) is 24.1 Å². The minimum atomic E-state index is 0.361. The zero-order valence-electron chi connectivity index (χ0n) is 10.7. The molecule has 0 aliphatic heterocycles. The number of aliphatic hydroxyl groups excluding tert-OH is 1. The Labute approximate surface area is 107 Å². The van der Waals surface area contributed by atoms with Gasteiger partial charge in [0.05, 0.1) is 10.7 Å². The van der Waals surface area contributed by atoms with Gasteiger partial charge in [0.1, 0.15) is 0 Å². The molecule has 2 N–H and O–H groups in total. The molecule has 0 unspecified atom stereocenters. The van der Waals surface area contributed by atoms with E-state index in [1.165, 1.54) is 23.4 Å². The molecule has 0 spiro atoms. The predicted octanol–water partition coefficient (Wildman–Crippen LogP) is 2.40. The van der Waals surface area contributed by atoms with E-state index in [-0.39, 0.29) is 0 Å². The number of aromatic nitrogens is 1. The third kappa shape index (κ3) is 3.50. The summed E-state index contributed by atoms with van der Waals surface area (Å²) in [6, 6.07) is 0.625. The highest BCUT2D eigenvalue weighted by atomic mass is 32.1. The largest absolute Gasteiger partial charge is 0.396 e. The number of aliphatic hydroxyl groups is 1. The normalized spacial score (nSPS) is 25.1. The van der Waals surface area contributed by atoms with Gasteiger partial charge in [-0.25, -0.2) is 4.98 Å². The molecule has 0 atom stereocenters. The van der Waals surface area contributed by atoms with E-state index < -0.39 is 0 Å². The van der Waals surface area contributed by atoms with Crippen molar-refractivity contribution in [3.05, 3.63) is 15.6 Å². The number of nitrogens with zero attached hydrogens (tertiary/aromatic N) is 1. The van der Waals surface area contributed by atoms with Gasteiger partial charge in [-0.05, 0) is 45.4 Å². The van der Waals surface area contributed by atoms with Gasteiger partial charge in [-0.1, -0.05) is 0 Å². The Balaban J connectivity index is 1.77. The number of aryl methyl sites for hydroxylation is 2. The van der Waals surface area contributed by atoms with Crippen molar-refractivity contribution in [1.82, 2.24) is 10.3 Å². The first kappa shape index (κ1) is 13.0. The summed E-state index contributed by atoms with van der Waals surface area (Å²) in [5.41, 5.74) is 1.17. The van der Waals surface area contributed by atoms with Crippen molar-refractivity contribution in [2.24, 2.45) is 5.92 Å². The molecule has 0 amide bonds. The van der Waals surface area contributed by atoms with Crippen LogP contribution in [0.15, 0.2) is 0 Å². The molecule has 4 heteroatoms. The lowest BCUT2D eigenvalue weighted by Gasteiger charge is -2.27. The van der Waals surface area contributed by atoms with Gasteiger partial charge in [0.2, 0.25) is 0 Å². The monoisotopic (exact) mass is 254 g/mol. The average Bonchev–Trinajstić information content (AvgIpc) is 2.66. The van der Waals surface area contributed by atoms with Crippen LogP contribution in [0, 0.1) is 19.8 Å². The molecule has 17 heavy (non-hydrogen) atoms. The molecule has 0 bridgehead atoms. The van der Waals surface area contributed by atoms with E-state index in [0.717, 1.165) is 24.4 Å². The van der Waals surface area contributed by atoms with E-state index in [1.807, 2.05) is 0 Å². The Morgan fingerprint density at radius 1 is 1.29 bits per heavy atom. The molecular formula is C13H22N2OS. The highest BCUT2D eigenvalue weighted by molar-refractivity contribution is 7.11. The molecule has 1 fully saturated rings. The highest BCUT2D eigenvalue weighted by Gasteiger charge is 2.20. The molecule has 1 aromatic rings. The second-order valence-electron chi connectivity index (χ2n) is 5.02. The molecule has 0 saturated heterocycles. The lowest BCUT2D eigenvalue weighted by molar-refractivity contribution is 0.175. The zero-order valence-corrected chi connectivity index (χ0v) is 11.5. The van der Waals surface area contributed by atoms with E-state index in [4.69, 9.17) is 5.11 Å². The maximum absolute atomic E-state index is 9.10. The first-order chi connectivity index (χ1) is 8.19. The van der Waals surface area contributed by atoms with Crippen LogP contribution in [-0.2, 0) is 6.54 Å². The Kier molecular flexibility index (Phi) is 4.54. The van der Waals surface area contributed by atoms with E-state index >= 15 is 0 Å². The lowest BCUT2D eigenvalue weighted by Crippen LogP contribution is -2.33. The summed E-state index contributed by atoms with van der Waals surface area (Å²) in [5.74, 6) is 0.542. The lowest BCUT2D eigenvalue weighted by atomic mass is 9.86. The third-order valence-electron chi connectivity index (χ3n) is 3.66. The SMILES string of the molecule is Cc1nc(C)c(CNC2CCC(CO)CC2)s1. The molecule has 96 valence electrons. The summed E-state index contributed by atoms with van der Waals surface area (Å²) in [6.07, 6.45) is 4.72. The molecule has 1 saturated carbocycles. The number of nitrogens with one attached hydrogen (secondary N) is 1. The fraction of sp³-hybridized carbons (Fsp3) is 0.769. The summed E-state index contributed by atoms with van der Waals surface area (Å²) >= 11 is 1.79. The highest BCUT2D eigenvalue weighted by Crippen LogP contribution is 2.24. The van der Waals surface area contributed by atoms with E-state index in [0.29, 0.717) is 18.6 Å². The fourth-order valence-corrected chi connectivity index (χ4v) is 3.41. The summed E-state index contributed by atoms with van der Waals surface area (Å²) in [4.78, 5) is 5.81. The predicted molar refractivity (Wildman–Crippen MR) is 71.3 cm³/mol. The van der Waals surface area contributed by atoms with Gasteiger partial charge in [-0.2, -0.15) is 0 Å². The van der Waals surface area contributed by atoms with Gasteiger partial charge in [-0.15, -0.1) is 11.3 Å². The van der Waals surface area contributed by atoms with Gasteiger partial charge >= 0.3 is 0 Å². The summed E-state index contributed by atoms with van der Waals surface area (Å²) < 4.78 is 0. The van der Waals surface area contributed by atoms with Crippen LogP contribution in [0.3, 0.4) is 0 Å². The van der Waals surface area contributed by atoms with Crippen molar-refractivity contribution >= 4 is 11.3 Å². The van der Waals surface area contributed by atoms with Gasteiger partial charge in [0.25, 0.3) is 0 Å². The van der Waals surface area contributed by atoms with Crippen LogP contribution < -0.4 is 5.32 Å². The summed E-state index contributed by atoms with van der Waals surface area (Å²) in [5, 5.41) is 13.9. The molecule has 3 nitrogen and oxygen atoms in total. The Bertz CT molecular complexity index is 356. The van der Waals surface area contributed by atoms with Crippen LogP contribution in [-0.4, -0.2) is 22.7 Å². The standard InChI is InChI=1S/C13H22N2OS/c1-9-13(17-10(2)15-9)7-14-12-5-3-11(8-16)4-6-12/h11-12,14,16H,3-8H2,1-2H3. The van der Waals surface area contributed by atoms with Gasteiger partial charge in [0.15, 0.2) is 0 Å². The first-order valence-electron chi connectivity index (χ1n) is 6.46. The second kappa shape index (κ2) is 5.94. The van der Waals surface area contributed by atoms with Gasteiger partial charge in [-0.3, -0.25) is 0 Å². The quantitative estimate of drug-likeness (QED) is 0.867. The Morgan fingerprint density at radius 2 is 2.00 bits per heavy atom. The van der Waals surface area contributed by atoms with E-state index in [9.17, 15) is 0 Å². The molecule has 1 aliphatic rings. The van der Waals surface area contributed by atoms with Gasteiger partial charge in [0, 0.05) is 24.1 Å². The Hall–Kier alpha value is -0.450. The minimum absolute atomic E-state index is 0.361. The smallest absolute Gasteiger partial charge is 0.0900 e. The number of rotatable bonds is 4. The molecule has 1 aliphatic carbocycles. The minimum Gasteiger partial charge on any atom is -0.396 e. The molecule has 2 rings (SSSR count). The van der Waals surface area contributed by atoms with Crippen LogP contribution in [0.2, 0.25) is 0 Å². The molecule has 1 aromatic heterocycles. The topological polar surface area (TPSA) is 45.2 Å². The van der Waals surface area contributed by atoms with Gasteiger partial charge < -0.3 is 10.4 Å². The summed E-state index contributed by atoms with van der Waals surface area (Å²) in [7, 11) is 0. The number of thiazole rings is 1. The third-order valence-corrected chi connectivity index (χ3v) is 4.73. The molecular weight excluding hydrogens is 232 g/mol. The van der Waals surface area contributed by atoms with Crippen molar-refractivity contribution < 1.29 is 5.11 Å². The Morgan fingerprint density at radius 3 is 2.53 bits per heavy atom. The maximum atomic E-state index is 9.10. The number of hydrogen-bond donors (Lipinski definition) is 2. The summed E-state index contributed by atoms with van der Waals surface area (Å²) in [6.45, 7) is 5.46. The first-order valence-corrected chi connectivity index (χ1v) is 7.28. The van der Waals surface area contributed by atoms with Crippen LogP contribution in [0.4, 0.5) is 0 Å². The molecule has 0 radical (unpaired) electrons.